The van der Waals surface area contributed by atoms with Gasteiger partial charge in [-0.3, -0.25) is 9.59 Å². The van der Waals surface area contributed by atoms with Gasteiger partial charge in [0.25, 0.3) is 0 Å². The van der Waals surface area contributed by atoms with Crippen LogP contribution in [0.25, 0.3) is 0 Å². The summed E-state index contributed by atoms with van der Waals surface area (Å²) in [6.45, 7) is 1.91. The van der Waals surface area contributed by atoms with Gasteiger partial charge >= 0.3 is 0 Å². The number of nitriles is 1. The fraction of sp³-hybridized carbons (Fsp3) is 0.211. The molecule has 0 radical (unpaired) electrons. The number of nitrogens with one attached hydrogen (secondary N) is 1. The molecule has 0 heterocycles. The molecule has 0 fully saturated rings. The molecule has 1 N–H and O–H groups in total. The molecule has 25 heavy (non-hydrogen) atoms. The zero-order chi connectivity index (χ0) is 18.2. The second-order valence-electron chi connectivity index (χ2n) is 5.49. The van der Waals surface area contributed by atoms with E-state index in [1.165, 1.54) is 24.0 Å². The fourth-order valence-corrected chi connectivity index (χ4v) is 2.32. The van der Waals surface area contributed by atoms with Crippen molar-refractivity contribution in [1.82, 2.24) is 5.32 Å². The minimum Gasteiger partial charge on any atom is -0.352 e. The van der Waals surface area contributed by atoms with Gasteiger partial charge in [-0.05, 0) is 35.9 Å². The quantitative estimate of drug-likeness (QED) is 0.879. The van der Waals surface area contributed by atoms with E-state index in [-0.39, 0.29) is 30.6 Å². The van der Waals surface area contributed by atoms with E-state index in [0.29, 0.717) is 17.8 Å². The van der Waals surface area contributed by atoms with E-state index in [4.69, 9.17) is 5.26 Å². The van der Waals surface area contributed by atoms with Crippen LogP contribution in [0.3, 0.4) is 0 Å². The number of hydrogen-bond acceptors (Lipinski definition) is 3. The van der Waals surface area contributed by atoms with E-state index in [2.05, 4.69) is 5.32 Å². The lowest BCUT2D eigenvalue weighted by Gasteiger charge is -2.21. The maximum atomic E-state index is 12.8. The van der Waals surface area contributed by atoms with E-state index < -0.39 is 0 Å². The highest BCUT2D eigenvalue weighted by Crippen LogP contribution is 2.16. The summed E-state index contributed by atoms with van der Waals surface area (Å²) >= 11 is 0. The lowest BCUT2D eigenvalue weighted by Crippen LogP contribution is -2.33. The first-order valence-corrected chi connectivity index (χ1v) is 7.79. The zero-order valence-corrected chi connectivity index (χ0v) is 13.8. The molecule has 6 heteroatoms. The Morgan fingerprint density at radius 2 is 1.92 bits per heavy atom. The van der Waals surface area contributed by atoms with E-state index >= 15 is 0 Å². The predicted molar refractivity (Wildman–Crippen MR) is 92.0 cm³/mol. The Morgan fingerprint density at radius 1 is 1.20 bits per heavy atom. The first-order chi connectivity index (χ1) is 12.0. The molecule has 0 saturated carbocycles. The van der Waals surface area contributed by atoms with Crippen LogP contribution in [0.1, 0.15) is 24.5 Å². The largest absolute Gasteiger partial charge is 0.352 e. The molecule has 0 saturated heterocycles. The highest BCUT2D eigenvalue weighted by molar-refractivity contribution is 5.92. The molecule has 0 spiro atoms. The van der Waals surface area contributed by atoms with Crippen molar-refractivity contribution in [2.75, 3.05) is 11.4 Å². The monoisotopic (exact) mass is 339 g/mol. The Kier molecular flexibility index (Phi) is 6.24. The first kappa shape index (κ1) is 18.1. The van der Waals surface area contributed by atoms with Crippen LogP contribution >= 0.6 is 0 Å². The summed E-state index contributed by atoms with van der Waals surface area (Å²) in [5.41, 5.74) is 1.82. The Balaban J connectivity index is 1.92. The summed E-state index contributed by atoms with van der Waals surface area (Å²) < 4.78 is 12.8. The molecule has 0 aromatic heterocycles. The molecule has 2 aromatic rings. The number of anilines is 1. The molecule has 0 atom stereocenters. The van der Waals surface area contributed by atoms with Gasteiger partial charge in [-0.1, -0.05) is 18.2 Å². The van der Waals surface area contributed by atoms with Crippen molar-refractivity contribution in [2.24, 2.45) is 0 Å². The van der Waals surface area contributed by atoms with Gasteiger partial charge < -0.3 is 10.2 Å². The van der Waals surface area contributed by atoms with E-state index in [0.717, 1.165) is 5.56 Å². The normalized spacial score (nSPS) is 9.96. The molecule has 0 aliphatic rings. The fourth-order valence-electron chi connectivity index (χ4n) is 2.32. The van der Waals surface area contributed by atoms with Gasteiger partial charge in [0.1, 0.15) is 5.82 Å². The van der Waals surface area contributed by atoms with Crippen molar-refractivity contribution in [3.8, 4) is 6.07 Å². The zero-order valence-electron chi connectivity index (χ0n) is 13.8. The molecule has 0 aliphatic carbocycles. The third-order valence-electron chi connectivity index (χ3n) is 3.63. The van der Waals surface area contributed by atoms with Crippen molar-refractivity contribution in [2.45, 2.75) is 19.9 Å². The summed E-state index contributed by atoms with van der Waals surface area (Å²) in [6, 6.07) is 14.6. The minimum absolute atomic E-state index is 0.123. The van der Waals surface area contributed by atoms with Gasteiger partial charge in [-0.25, -0.2) is 4.39 Å². The molecule has 0 unspecified atom stereocenters. The predicted octanol–water partition coefficient (Wildman–Crippen LogP) is 2.76. The van der Waals surface area contributed by atoms with Crippen molar-refractivity contribution >= 4 is 17.5 Å². The Hall–Kier alpha value is -3.20. The number of amides is 2. The molecule has 2 aromatic carbocycles. The maximum absolute atomic E-state index is 12.8. The molecular formula is C19H18FN3O2. The van der Waals surface area contributed by atoms with Crippen molar-refractivity contribution in [3.05, 3.63) is 65.5 Å². The molecule has 5 nitrogen and oxygen atoms in total. The standard InChI is InChI=1S/C19H18FN3O2/c1-14(24)23(18-4-2-3-16(11-18)12-21)10-9-19(25)22-13-15-5-7-17(20)8-6-15/h2-8,11H,9-10,13H2,1H3,(H,22,25). The summed E-state index contributed by atoms with van der Waals surface area (Å²) in [5.74, 6) is -0.750. The van der Waals surface area contributed by atoms with Crippen LogP contribution in [0, 0.1) is 17.1 Å². The molecule has 0 bridgehead atoms. The summed E-state index contributed by atoms with van der Waals surface area (Å²) in [7, 11) is 0. The maximum Gasteiger partial charge on any atom is 0.223 e. The average Bonchev–Trinajstić information content (AvgIpc) is 2.61. The summed E-state index contributed by atoms with van der Waals surface area (Å²) in [4.78, 5) is 25.3. The van der Waals surface area contributed by atoms with Gasteiger partial charge in [0.15, 0.2) is 0 Å². The third-order valence-corrected chi connectivity index (χ3v) is 3.63. The highest BCUT2D eigenvalue weighted by Gasteiger charge is 2.14. The number of carbonyl (C=O) groups excluding carboxylic acids is 2. The Morgan fingerprint density at radius 3 is 2.56 bits per heavy atom. The number of hydrogen-bond donors (Lipinski definition) is 1. The van der Waals surface area contributed by atoms with Crippen LogP contribution in [-0.2, 0) is 16.1 Å². The minimum atomic E-state index is -0.327. The SMILES string of the molecule is CC(=O)N(CCC(=O)NCc1ccc(F)cc1)c1cccc(C#N)c1. The van der Waals surface area contributed by atoms with Crippen LogP contribution in [0.4, 0.5) is 10.1 Å². The molecule has 128 valence electrons. The van der Waals surface area contributed by atoms with Crippen molar-refractivity contribution < 1.29 is 14.0 Å². The van der Waals surface area contributed by atoms with Crippen molar-refractivity contribution in [1.29, 1.82) is 5.26 Å². The summed E-state index contributed by atoms with van der Waals surface area (Å²) in [5, 5.41) is 11.7. The van der Waals surface area contributed by atoms with Gasteiger partial charge in [0, 0.05) is 32.1 Å². The second kappa shape index (κ2) is 8.60. The van der Waals surface area contributed by atoms with E-state index in [1.54, 1.807) is 36.4 Å². The van der Waals surface area contributed by atoms with Crippen molar-refractivity contribution in [3.63, 3.8) is 0 Å². The Bertz CT molecular complexity index is 797. The van der Waals surface area contributed by atoms with Gasteiger partial charge in [-0.2, -0.15) is 5.26 Å². The van der Waals surface area contributed by atoms with Gasteiger partial charge in [0.2, 0.25) is 11.8 Å². The van der Waals surface area contributed by atoms with Gasteiger partial charge in [-0.15, -0.1) is 0 Å². The smallest absolute Gasteiger partial charge is 0.223 e. The number of halogens is 1. The van der Waals surface area contributed by atoms with Crippen LogP contribution in [0.15, 0.2) is 48.5 Å². The number of benzene rings is 2. The van der Waals surface area contributed by atoms with E-state index in [1.807, 2.05) is 6.07 Å². The number of carbonyl (C=O) groups is 2. The summed E-state index contributed by atoms with van der Waals surface area (Å²) in [6.07, 6.45) is 0.123. The molecular weight excluding hydrogens is 321 g/mol. The topological polar surface area (TPSA) is 73.2 Å². The number of rotatable bonds is 6. The molecule has 0 aliphatic heterocycles. The average molecular weight is 339 g/mol. The van der Waals surface area contributed by atoms with Crippen LogP contribution < -0.4 is 10.2 Å². The second-order valence-corrected chi connectivity index (χ2v) is 5.49. The molecule has 2 rings (SSSR count). The third kappa shape index (κ3) is 5.43. The van der Waals surface area contributed by atoms with Crippen LogP contribution in [0.2, 0.25) is 0 Å². The van der Waals surface area contributed by atoms with Crippen LogP contribution in [0.5, 0.6) is 0 Å². The van der Waals surface area contributed by atoms with Gasteiger partial charge in [0.05, 0.1) is 11.6 Å². The first-order valence-electron chi connectivity index (χ1n) is 7.79. The Labute approximate surface area is 145 Å². The van der Waals surface area contributed by atoms with Crippen LogP contribution in [-0.4, -0.2) is 18.4 Å². The lowest BCUT2D eigenvalue weighted by atomic mass is 10.2. The number of nitrogens with zero attached hydrogens (tertiary/aromatic N) is 2. The lowest BCUT2D eigenvalue weighted by molar-refractivity contribution is -0.121. The van der Waals surface area contributed by atoms with E-state index in [9.17, 15) is 14.0 Å². The molecule has 2 amide bonds. The highest BCUT2D eigenvalue weighted by atomic mass is 19.1.